The molecular weight excluding hydrogens is 198 g/mol. The van der Waals surface area contributed by atoms with E-state index in [1.165, 1.54) is 13.0 Å². The quantitative estimate of drug-likeness (QED) is 0.552. The first-order valence-electron chi connectivity index (χ1n) is 4.53. The van der Waals surface area contributed by atoms with Gasteiger partial charge < -0.3 is 15.2 Å². The summed E-state index contributed by atoms with van der Waals surface area (Å²) in [7, 11) is 0. The molecule has 86 valence electrons. The molecule has 0 bridgehead atoms. The zero-order valence-electron chi connectivity index (χ0n) is 9.49. The molecule has 0 aromatic heterocycles. The number of carbonyl (C=O) groups is 2. The summed E-state index contributed by atoms with van der Waals surface area (Å²) in [6.07, 6.45) is 1.17. The minimum Gasteiger partial charge on any atom is -0.458 e. The second kappa shape index (κ2) is 5.38. The van der Waals surface area contributed by atoms with Crippen molar-refractivity contribution >= 4 is 11.9 Å². The minimum absolute atomic E-state index is 0.00477. The number of carbonyl (C=O) groups excluding carboxylic acids is 2. The highest BCUT2D eigenvalue weighted by molar-refractivity contribution is 5.82. The summed E-state index contributed by atoms with van der Waals surface area (Å²) in [5, 5.41) is 0. The van der Waals surface area contributed by atoms with E-state index >= 15 is 0 Å². The van der Waals surface area contributed by atoms with Crippen molar-refractivity contribution in [3.05, 3.63) is 11.8 Å². The van der Waals surface area contributed by atoms with E-state index in [0.29, 0.717) is 5.70 Å². The van der Waals surface area contributed by atoms with Gasteiger partial charge in [-0.1, -0.05) is 0 Å². The van der Waals surface area contributed by atoms with Gasteiger partial charge in [-0.25, -0.2) is 4.79 Å². The SMILES string of the molecule is CC(=O)OC(C)(C)COC(=O)C=C(C)N. The number of nitrogens with two attached hydrogens (primary N) is 1. The van der Waals surface area contributed by atoms with Crippen molar-refractivity contribution in [2.45, 2.75) is 33.3 Å². The number of hydrogen-bond donors (Lipinski definition) is 1. The predicted octanol–water partition coefficient (Wildman–Crippen LogP) is 0.734. The third kappa shape index (κ3) is 7.54. The Labute approximate surface area is 89.2 Å². The number of esters is 2. The van der Waals surface area contributed by atoms with Gasteiger partial charge in [0, 0.05) is 18.7 Å². The normalized spacial score (nSPS) is 12.1. The van der Waals surface area contributed by atoms with Gasteiger partial charge in [-0.15, -0.1) is 0 Å². The van der Waals surface area contributed by atoms with E-state index in [9.17, 15) is 9.59 Å². The molecule has 0 atom stereocenters. The van der Waals surface area contributed by atoms with Crippen LogP contribution in [0, 0.1) is 0 Å². The molecule has 0 aromatic carbocycles. The summed E-state index contributed by atoms with van der Waals surface area (Å²) in [6, 6.07) is 0. The van der Waals surface area contributed by atoms with Crippen molar-refractivity contribution in [3.8, 4) is 0 Å². The number of hydrogen-bond acceptors (Lipinski definition) is 5. The molecule has 0 unspecified atom stereocenters. The molecule has 2 N–H and O–H groups in total. The first-order valence-corrected chi connectivity index (χ1v) is 4.53. The lowest BCUT2D eigenvalue weighted by atomic mass is 10.1. The van der Waals surface area contributed by atoms with Crippen LogP contribution in [-0.4, -0.2) is 24.1 Å². The van der Waals surface area contributed by atoms with Crippen molar-refractivity contribution in [2.75, 3.05) is 6.61 Å². The van der Waals surface area contributed by atoms with E-state index in [-0.39, 0.29) is 6.61 Å². The van der Waals surface area contributed by atoms with E-state index < -0.39 is 17.5 Å². The maximum absolute atomic E-state index is 11.1. The van der Waals surface area contributed by atoms with Crippen LogP contribution >= 0.6 is 0 Å². The van der Waals surface area contributed by atoms with Crippen molar-refractivity contribution in [1.82, 2.24) is 0 Å². The summed E-state index contributed by atoms with van der Waals surface area (Å²) < 4.78 is 9.77. The van der Waals surface area contributed by atoms with Crippen LogP contribution in [-0.2, 0) is 19.1 Å². The third-order valence-electron chi connectivity index (χ3n) is 1.33. The number of rotatable bonds is 4. The molecule has 0 amide bonds. The van der Waals surface area contributed by atoms with Crippen LogP contribution in [0.1, 0.15) is 27.7 Å². The molecule has 0 fully saturated rings. The fourth-order valence-electron chi connectivity index (χ4n) is 0.891. The van der Waals surface area contributed by atoms with Gasteiger partial charge in [0.2, 0.25) is 0 Å². The Morgan fingerprint density at radius 2 is 1.87 bits per heavy atom. The Morgan fingerprint density at radius 3 is 2.27 bits per heavy atom. The molecule has 0 radical (unpaired) electrons. The molecule has 0 aromatic rings. The maximum Gasteiger partial charge on any atom is 0.332 e. The van der Waals surface area contributed by atoms with Gasteiger partial charge in [0.15, 0.2) is 0 Å². The maximum atomic E-state index is 11.1. The predicted molar refractivity (Wildman–Crippen MR) is 54.7 cm³/mol. The first kappa shape index (κ1) is 13.5. The van der Waals surface area contributed by atoms with Crippen molar-refractivity contribution in [1.29, 1.82) is 0 Å². The van der Waals surface area contributed by atoms with Crippen LogP contribution in [0.2, 0.25) is 0 Å². The molecule has 0 aliphatic heterocycles. The lowest BCUT2D eigenvalue weighted by molar-refractivity contribution is -0.164. The van der Waals surface area contributed by atoms with Crippen LogP contribution in [0.4, 0.5) is 0 Å². The molecule has 0 aliphatic rings. The third-order valence-corrected chi connectivity index (χ3v) is 1.33. The van der Waals surface area contributed by atoms with E-state index in [1.807, 2.05) is 0 Å². The molecule has 0 spiro atoms. The summed E-state index contributed by atoms with van der Waals surface area (Å²) in [6.45, 7) is 6.18. The standard InChI is InChI=1S/C10H17NO4/c1-7(11)5-9(13)14-6-10(3,4)15-8(2)12/h5H,6,11H2,1-4H3. The monoisotopic (exact) mass is 215 g/mol. The summed E-state index contributed by atoms with van der Waals surface area (Å²) in [5.41, 5.74) is 4.83. The molecule has 0 rings (SSSR count). The molecule has 5 nitrogen and oxygen atoms in total. The Hall–Kier alpha value is -1.52. The summed E-state index contributed by atoms with van der Waals surface area (Å²) >= 11 is 0. The molecule has 0 aliphatic carbocycles. The van der Waals surface area contributed by atoms with Crippen molar-refractivity contribution in [2.24, 2.45) is 5.73 Å². The van der Waals surface area contributed by atoms with E-state index in [4.69, 9.17) is 15.2 Å². The zero-order chi connectivity index (χ0) is 12.1. The molecule has 0 saturated heterocycles. The molecule has 0 heterocycles. The average molecular weight is 215 g/mol. The molecule has 15 heavy (non-hydrogen) atoms. The van der Waals surface area contributed by atoms with Gasteiger partial charge in [-0.2, -0.15) is 0 Å². The van der Waals surface area contributed by atoms with Crippen LogP contribution < -0.4 is 5.73 Å². The lowest BCUT2D eigenvalue weighted by Gasteiger charge is -2.23. The van der Waals surface area contributed by atoms with Crippen LogP contribution in [0.5, 0.6) is 0 Å². The van der Waals surface area contributed by atoms with Gasteiger partial charge in [-0.05, 0) is 20.8 Å². The Balaban J connectivity index is 4.09. The molecular formula is C10H17NO4. The average Bonchev–Trinajstić information content (AvgIpc) is 1.97. The van der Waals surface area contributed by atoms with E-state index in [1.54, 1.807) is 20.8 Å². The van der Waals surface area contributed by atoms with E-state index in [0.717, 1.165) is 0 Å². The lowest BCUT2D eigenvalue weighted by Crippen LogP contribution is -2.33. The largest absolute Gasteiger partial charge is 0.458 e. The van der Waals surface area contributed by atoms with Gasteiger partial charge >= 0.3 is 11.9 Å². The topological polar surface area (TPSA) is 78.6 Å². The zero-order valence-corrected chi connectivity index (χ0v) is 9.49. The fraction of sp³-hybridized carbons (Fsp3) is 0.600. The summed E-state index contributed by atoms with van der Waals surface area (Å²) in [5.74, 6) is -0.961. The second-order valence-electron chi connectivity index (χ2n) is 3.85. The highest BCUT2D eigenvalue weighted by Crippen LogP contribution is 2.10. The summed E-state index contributed by atoms with van der Waals surface area (Å²) in [4.78, 5) is 21.8. The Bertz CT molecular complexity index is 277. The Morgan fingerprint density at radius 1 is 1.33 bits per heavy atom. The second-order valence-corrected chi connectivity index (χ2v) is 3.85. The van der Waals surface area contributed by atoms with Gasteiger partial charge in [0.05, 0.1) is 0 Å². The molecule has 5 heteroatoms. The van der Waals surface area contributed by atoms with E-state index in [2.05, 4.69) is 0 Å². The van der Waals surface area contributed by atoms with Crippen LogP contribution in [0.15, 0.2) is 11.8 Å². The highest BCUT2D eigenvalue weighted by Gasteiger charge is 2.22. The first-order chi connectivity index (χ1) is 6.73. The van der Waals surface area contributed by atoms with Crippen molar-refractivity contribution in [3.63, 3.8) is 0 Å². The minimum atomic E-state index is -0.822. The fourth-order valence-corrected chi connectivity index (χ4v) is 0.891. The highest BCUT2D eigenvalue weighted by atomic mass is 16.6. The van der Waals surface area contributed by atoms with Gasteiger partial charge in [0.25, 0.3) is 0 Å². The van der Waals surface area contributed by atoms with Gasteiger partial charge in [-0.3, -0.25) is 4.79 Å². The number of ether oxygens (including phenoxy) is 2. The Kier molecular flexibility index (Phi) is 4.84. The smallest absolute Gasteiger partial charge is 0.332 e. The van der Waals surface area contributed by atoms with Crippen LogP contribution in [0.25, 0.3) is 0 Å². The van der Waals surface area contributed by atoms with Crippen molar-refractivity contribution < 1.29 is 19.1 Å². The number of allylic oxidation sites excluding steroid dienone is 1. The van der Waals surface area contributed by atoms with Gasteiger partial charge in [0.1, 0.15) is 12.2 Å². The van der Waals surface area contributed by atoms with Crippen LogP contribution in [0.3, 0.4) is 0 Å². The molecule has 0 saturated carbocycles.